The number of hydrogen-bond acceptors (Lipinski definition) is 5. The van der Waals surface area contributed by atoms with E-state index in [1.54, 1.807) is 18.1 Å². The SMILES string of the molecule is COC1CN(Cc2ccc3c(c2)C(C(=O)Nc2cc(C)c(O)c(C)c2C)N(C(=O)C(C)(C)C)CC3)C1. The molecule has 0 saturated carbocycles. The van der Waals surface area contributed by atoms with Crippen molar-refractivity contribution in [3.05, 3.63) is 57.6 Å². The van der Waals surface area contributed by atoms with Crippen LogP contribution in [0.3, 0.4) is 0 Å². The molecule has 7 heteroatoms. The predicted octanol–water partition coefficient (Wildman–Crippen LogP) is 4.26. The Morgan fingerprint density at radius 2 is 1.81 bits per heavy atom. The largest absolute Gasteiger partial charge is 0.507 e. The minimum Gasteiger partial charge on any atom is -0.507 e. The molecule has 2 aromatic carbocycles. The van der Waals surface area contributed by atoms with Gasteiger partial charge in [0.15, 0.2) is 0 Å². The molecule has 2 heterocycles. The number of hydrogen-bond donors (Lipinski definition) is 2. The number of rotatable bonds is 5. The fraction of sp³-hybridized carbons (Fsp3) is 0.517. The van der Waals surface area contributed by atoms with Gasteiger partial charge < -0.3 is 20.1 Å². The lowest BCUT2D eigenvalue weighted by Crippen LogP contribution is -2.51. The predicted molar refractivity (Wildman–Crippen MR) is 141 cm³/mol. The number of anilines is 1. The van der Waals surface area contributed by atoms with Gasteiger partial charge >= 0.3 is 0 Å². The van der Waals surface area contributed by atoms with E-state index in [2.05, 4.69) is 28.4 Å². The van der Waals surface area contributed by atoms with Crippen LogP contribution in [0.15, 0.2) is 24.3 Å². The Bertz CT molecular complexity index is 1180. The highest BCUT2D eigenvalue weighted by molar-refractivity contribution is 5.99. The van der Waals surface area contributed by atoms with Crippen molar-refractivity contribution in [1.29, 1.82) is 0 Å². The van der Waals surface area contributed by atoms with Crippen molar-refractivity contribution in [2.45, 2.75) is 66.7 Å². The fourth-order valence-corrected chi connectivity index (χ4v) is 5.15. The number of phenols is 1. The molecule has 1 unspecified atom stereocenters. The minimum absolute atomic E-state index is 0.0424. The quantitative estimate of drug-likeness (QED) is 0.609. The van der Waals surface area contributed by atoms with E-state index in [1.165, 1.54) is 0 Å². The van der Waals surface area contributed by atoms with Crippen molar-refractivity contribution in [2.24, 2.45) is 5.41 Å². The summed E-state index contributed by atoms with van der Waals surface area (Å²) in [5.41, 5.74) is 5.42. The van der Waals surface area contributed by atoms with Gasteiger partial charge in [0.1, 0.15) is 11.8 Å². The van der Waals surface area contributed by atoms with Gasteiger partial charge in [-0.15, -0.1) is 0 Å². The molecule has 0 aliphatic carbocycles. The molecule has 4 rings (SSSR count). The molecule has 1 fully saturated rings. The molecule has 0 aromatic heterocycles. The first-order chi connectivity index (χ1) is 16.9. The molecular formula is C29H39N3O4. The van der Waals surface area contributed by atoms with Crippen LogP contribution in [-0.2, 0) is 27.3 Å². The summed E-state index contributed by atoms with van der Waals surface area (Å²) in [4.78, 5) is 31.5. The third-order valence-corrected chi connectivity index (χ3v) is 7.57. The lowest BCUT2D eigenvalue weighted by molar-refractivity contribution is -0.146. The number of aryl methyl sites for hydroxylation is 1. The van der Waals surface area contributed by atoms with Crippen LogP contribution >= 0.6 is 0 Å². The molecule has 0 spiro atoms. The number of nitrogens with zero attached hydrogens (tertiary/aromatic N) is 2. The number of methoxy groups -OCH3 is 1. The molecule has 194 valence electrons. The third kappa shape index (κ3) is 5.00. The molecule has 2 aliphatic rings. The van der Waals surface area contributed by atoms with Gasteiger partial charge in [-0.2, -0.15) is 0 Å². The summed E-state index contributed by atoms with van der Waals surface area (Å²) in [5, 5.41) is 13.4. The number of benzene rings is 2. The van der Waals surface area contributed by atoms with E-state index in [9.17, 15) is 14.7 Å². The zero-order chi connectivity index (χ0) is 26.4. The van der Waals surface area contributed by atoms with E-state index in [0.717, 1.165) is 47.5 Å². The second-order valence-electron chi connectivity index (χ2n) is 11.3. The summed E-state index contributed by atoms with van der Waals surface area (Å²) in [7, 11) is 1.74. The van der Waals surface area contributed by atoms with Crippen LogP contribution in [0.1, 0.15) is 60.2 Å². The number of carbonyl (C=O) groups excluding carboxylic acids is 2. The number of carbonyl (C=O) groups is 2. The summed E-state index contributed by atoms with van der Waals surface area (Å²) in [6.07, 6.45) is 0.995. The molecule has 2 aromatic rings. The number of aromatic hydroxyl groups is 1. The van der Waals surface area contributed by atoms with Crippen molar-refractivity contribution < 1.29 is 19.4 Å². The number of phenolic OH excluding ortho intramolecular Hbond substituents is 1. The Kier molecular flexibility index (Phi) is 7.17. The van der Waals surface area contributed by atoms with Gasteiger partial charge in [-0.05, 0) is 66.6 Å². The summed E-state index contributed by atoms with van der Waals surface area (Å²) in [6.45, 7) is 14.3. The highest BCUT2D eigenvalue weighted by atomic mass is 16.5. The molecule has 1 atom stereocenters. The molecular weight excluding hydrogens is 454 g/mol. The van der Waals surface area contributed by atoms with Crippen molar-refractivity contribution in [3.63, 3.8) is 0 Å². The second-order valence-corrected chi connectivity index (χ2v) is 11.3. The van der Waals surface area contributed by atoms with Crippen molar-refractivity contribution in [2.75, 3.05) is 32.1 Å². The van der Waals surface area contributed by atoms with Gasteiger partial charge in [0, 0.05) is 44.4 Å². The maximum absolute atomic E-state index is 13.9. The molecule has 0 bridgehead atoms. The van der Waals surface area contributed by atoms with Gasteiger partial charge in [0.2, 0.25) is 5.91 Å². The van der Waals surface area contributed by atoms with E-state index >= 15 is 0 Å². The van der Waals surface area contributed by atoms with Gasteiger partial charge in [-0.1, -0.05) is 39.0 Å². The molecule has 2 amide bonds. The number of ether oxygens (including phenoxy) is 1. The summed E-state index contributed by atoms with van der Waals surface area (Å²) >= 11 is 0. The van der Waals surface area contributed by atoms with Gasteiger partial charge in [-0.25, -0.2) is 0 Å². The zero-order valence-electron chi connectivity index (χ0n) is 22.6. The van der Waals surface area contributed by atoms with E-state index < -0.39 is 11.5 Å². The van der Waals surface area contributed by atoms with Crippen LogP contribution in [0.25, 0.3) is 0 Å². The molecule has 36 heavy (non-hydrogen) atoms. The van der Waals surface area contributed by atoms with E-state index in [-0.39, 0.29) is 23.7 Å². The Morgan fingerprint density at radius 1 is 1.11 bits per heavy atom. The number of amides is 2. The fourth-order valence-electron chi connectivity index (χ4n) is 5.15. The van der Waals surface area contributed by atoms with Crippen LogP contribution in [-0.4, -0.2) is 59.6 Å². The summed E-state index contributed by atoms with van der Waals surface area (Å²) in [5.74, 6) is -0.0368. The van der Waals surface area contributed by atoms with Crippen LogP contribution < -0.4 is 5.32 Å². The maximum atomic E-state index is 13.9. The van der Waals surface area contributed by atoms with Gasteiger partial charge in [0.05, 0.1) is 6.10 Å². The van der Waals surface area contributed by atoms with Crippen LogP contribution in [0, 0.1) is 26.2 Å². The first-order valence-corrected chi connectivity index (χ1v) is 12.7. The highest BCUT2D eigenvalue weighted by Crippen LogP contribution is 2.37. The molecule has 2 aliphatic heterocycles. The Hall–Kier alpha value is -2.90. The van der Waals surface area contributed by atoms with Crippen LogP contribution in [0.5, 0.6) is 5.75 Å². The van der Waals surface area contributed by atoms with Gasteiger partial charge in [0.25, 0.3) is 5.91 Å². The summed E-state index contributed by atoms with van der Waals surface area (Å²) in [6, 6.07) is 7.41. The van der Waals surface area contributed by atoms with E-state index in [4.69, 9.17) is 4.74 Å². The average Bonchev–Trinajstić information content (AvgIpc) is 2.81. The first-order valence-electron chi connectivity index (χ1n) is 12.7. The number of likely N-dealkylation sites (tertiary alicyclic amines) is 1. The lowest BCUT2D eigenvalue weighted by atomic mass is 9.86. The van der Waals surface area contributed by atoms with Gasteiger partial charge in [-0.3, -0.25) is 14.5 Å². The standard InChI is InChI=1S/C29H39N3O4/c1-17-12-24(18(2)19(3)26(17)33)30-27(34)25-23-13-20(14-31-15-22(16-31)36-7)8-9-21(23)10-11-32(25)28(35)29(4,5)6/h8-9,12-13,22,25,33H,10-11,14-16H2,1-7H3,(H,30,34). The average molecular weight is 494 g/mol. The normalized spacial score (nSPS) is 18.5. The zero-order valence-corrected chi connectivity index (χ0v) is 22.6. The Morgan fingerprint density at radius 3 is 2.44 bits per heavy atom. The van der Waals surface area contributed by atoms with Crippen molar-refractivity contribution in [1.82, 2.24) is 9.80 Å². The van der Waals surface area contributed by atoms with Crippen LogP contribution in [0.2, 0.25) is 0 Å². The number of nitrogens with one attached hydrogen (secondary N) is 1. The van der Waals surface area contributed by atoms with Crippen molar-refractivity contribution >= 4 is 17.5 Å². The highest BCUT2D eigenvalue weighted by Gasteiger charge is 2.40. The van der Waals surface area contributed by atoms with Crippen molar-refractivity contribution in [3.8, 4) is 5.75 Å². The molecule has 0 radical (unpaired) electrons. The van der Waals surface area contributed by atoms with E-state index in [0.29, 0.717) is 24.2 Å². The lowest BCUT2D eigenvalue weighted by Gasteiger charge is -2.40. The summed E-state index contributed by atoms with van der Waals surface area (Å²) < 4.78 is 5.40. The number of fused-ring (bicyclic) bond motifs is 1. The molecule has 1 saturated heterocycles. The van der Waals surface area contributed by atoms with E-state index in [1.807, 2.05) is 41.5 Å². The maximum Gasteiger partial charge on any atom is 0.251 e. The Balaban J connectivity index is 1.69. The second kappa shape index (κ2) is 9.87. The topological polar surface area (TPSA) is 82.1 Å². The minimum atomic E-state index is -0.725. The monoisotopic (exact) mass is 493 g/mol. The third-order valence-electron chi connectivity index (χ3n) is 7.57. The molecule has 2 N–H and O–H groups in total. The van der Waals surface area contributed by atoms with Crippen LogP contribution in [0.4, 0.5) is 5.69 Å². The molecule has 7 nitrogen and oxygen atoms in total. The Labute approximate surface area is 214 Å². The smallest absolute Gasteiger partial charge is 0.251 e. The first kappa shape index (κ1) is 26.2.